The van der Waals surface area contributed by atoms with Gasteiger partial charge in [0.05, 0.1) is 6.61 Å². The Hall–Kier alpha value is -1.56. The summed E-state index contributed by atoms with van der Waals surface area (Å²) >= 11 is 2.31. The highest BCUT2D eigenvalue weighted by Crippen LogP contribution is 2.30. The lowest BCUT2D eigenvalue weighted by atomic mass is 10.1. The summed E-state index contributed by atoms with van der Waals surface area (Å²) in [6.45, 7) is 3.62. The van der Waals surface area contributed by atoms with Crippen LogP contribution < -0.4 is 9.64 Å². The smallest absolute Gasteiger partial charge is 0.258 e. The molecule has 0 unspecified atom stereocenters. The second-order valence-corrected chi connectivity index (χ2v) is 6.95. The van der Waals surface area contributed by atoms with Crippen molar-refractivity contribution in [2.75, 3.05) is 18.1 Å². The van der Waals surface area contributed by atoms with Crippen molar-refractivity contribution in [3.05, 3.63) is 57.2 Å². The standard InChI is InChI=1S/C19H20INO2/c1-2-3-12-23-17-7-4-14(5-8-17)19(22)21-11-10-15-13-16(20)6-9-18(15)21/h4-9,13H,2-3,10-12H2,1H3. The molecule has 1 heterocycles. The van der Waals surface area contributed by atoms with E-state index in [-0.39, 0.29) is 5.91 Å². The van der Waals surface area contributed by atoms with Crippen LogP contribution in [0.5, 0.6) is 5.75 Å². The average Bonchev–Trinajstić information content (AvgIpc) is 2.98. The van der Waals surface area contributed by atoms with Gasteiger partial charge in [-0.05, 0) is 83.5 Å². The van der Waals surface area contributed by atoms with Crippen molar-refractivity contribution in [2.24, 2.45) is 0 Å². The van der Waals surface area contributed by atoms with Crippen molar-refractivity contribution in [3.63, 3.8) is 0 Å². The molecule has 3 rings (SSSR count). The average molecular weight is 421 g/mol. The van der Waals surface area contributed by atoms with Gasteiger partial charge in [0.15, 0.2) is 0 Å². The van der Waals surface area contributed by atoms with Gasteiger partial charge >= 0.3 is 0 Å². The fourth-order valence-electron chi connectivity index (χ4n) is 2.77. The van der Waals surface area contributed by atoms with E-state index in [0.29, 0.717) is 5.56 Å². The molecule has 0 radical (unpaired) electrons. The quantitative estimate of drug-likeness (QED) is 0.519. The van der Waals surface area contributed by atoms with Crippen LogP contribution in [0.15, 0.2) is 42.5 Å². The van der Waals surface area contributed by atoms with Gasteiger partial charge in [0.25, 0.3) is 5.91 Å². The number of halogens is 1. The van der Waals surface area contributed by atoms with Gasteiger partial charge < -0.3 is 9.64 Å². The van der Waals surface area contributed by atoms with E-state index < -0.39 is 0 Å². The van der Waals surface area contributed by atoms with E-state index >= 15 is 0 Å². The van der Waals surface area contributed by atoms with Crippen molar-refractivity contribution in [1.29, 1.82) is 0 Å². The number of benzene rings is 2. The van der Waals surface area contributed by atoms with Crippen LogP contribution in [0.4, 0.5) is 5.69 Å². The Morgan fingerprint density at radius 3 is 2.74 bits per heavy atom. The fourth-order valence-corrected chi connectivity index (χ4v) is 3.32. The molecule has 0 N–H and O–H groups in total. The molecule has 0 saturated carbocycles. The maximum absolute atomic E-state index is 12.7. The lowest BCUT2D eigenvalue weighted by molar-refractivity contribution is 0.0989. The molecule has 0 aromatic heterocycles. The van der Waals surface area contributed by atoms with Crippen molar-refractivity contribution in [1.82, 2.24) is 0 Å². The Labute approximate surface area is 150 Å². The number of rotatable bonds is 5. The van der Waals surface area contributed by atoms with Crippen LogP contribution in [-0.2, 0) is 6.42 Å². The van der Waals surface area contributed by atoms with Crippen molar-refractivity contribution in [3.8, 4) is 5.75 Å². The van der Waals surface area contributed by atoms with Gasteiger partial charge in [-0.2, -0.15) is 0 Å². The first-order chi connectivity index (χ1) is 11.2. The van der Waals surface area contributed by atoms with Crippen LogP contribution in [0, 0.1) is 3.57 Å². The topological polar surface area (TPSA) is 29.5 Å². The third-order valence-electron chi connectivity index (χ3n) is 4.05. The first-order valence-electron chi connectivity index (χ1n) is 8.02. The van der Waals surface area contributed by atoms with Gasteiger partial charge in [-0.1, -0.05) is 13.3 Å². The summed E-state index contributed by atoms with van der Waals surface area (Å²) in [5.74, 6) is 0.886. The molecule has 0 bridgehead atoms. The summed E-state index contributed by atoms with van der Waals surface area (Å²) < 4.78 is 6.86. The van der Waals surface area contributed by atoms with Crippen LogP contribution >= 0.6 is 22.6 Å². The summed E-state index contributed by atoms with van der Waals surface area (Å²) in [7, 11) is 0. The van der Waals surface area contributed by atoms with Crippen molar-refractivity contribution >= 4 is 34.2 Å². The molecule has 1 aliphatic heterocycles. The molecule has 120 valence electrons. The van der Waals surface area contributed by atoms with Crippen LogP contribution in [0.25, 0.3) is 0 Å². The fraction of sp³-hybridized carbons (Fsp3) is 0.316. The van der Waals surface area contributed by atoms with E-state index in [2.05, 4.69) is 41.6 Å². The molecular weight excluding hydrogens is 401 g/mol. The summed E-state index contributed by atoms with van der Waals surface area (Å²) in [6.07, 6.45) is 3.09. The second-order valence-electron chi connectivity index (χ2n) is 5.71. The lowest BCUT2D eigenvalue weighted by Gasteiger charge is -2.17. The Morgan fingerprint density at radius 2 is 2.00 bits per heavy atom. The predicted octanol–water partition coefficient (Wildman–Crippen LogP) is 4.67. The maximum Gasteiger partial charge on any atom is 0.258 e. The first kappa shape index (κ1) is 16.3. The Kier molecular flexibility index (Phi) is 5.20. The minimum atomic E-state index is 0.0602. The summed E-state index contributed by atoms with van der Waals surface area (Å²) in [6, 6.07) is 13.7. The number of amides is 1. The maximum atomic E-state index is 12.7. The number of unbranched alkanes of at least 4 members (excludes halogenated alkanes) is 1. The Balaban J connectivity index is 1.72. The van der Waals surface area contributed by atoms with E-state index in [1.807, 2.05) is 35.2 Å². The molecule has 23 heavy (non-hydrogen) atoms. The molecule has 2 aromatic rings. The normalized spacial score (nSPS) is 13.0. The number of hydrogen-bond donors (Lipinski definition) is 0. The van der Waals surface area contributed by atoms with E-state index in [0.717, 1.165) is 43.9 Å². The highest BCUT2D eigenvalue weighted by molar-refractivity contribution is 14.1. The summed E-state index contributed by atoms with van der Waals surface area (Å²) in [5.41, 5.74) is 3.00. The predicted molar refractivity (Wildman–Crippen MR) is 101 cm³/mol. The molecule has 3 nitrogen and oxygen atoms in total. The minimum Gasteiger partial charge on any atom is -0.494 e. The number of nitrogens with zero attached hydrogens (tertiary/aromatic N) is 1. The van der Waals surface area contributed by atoms with E-state index in [9.17, 15) is 4.79 Å². The number of ether oxygens (including phenoxy) is 1. The van der Waals surface area contributed by atoms with Crippen LogP contribution in [0.1, 0.15) is 35.7 Å². The molecule has 4 heteroatoms. The van der Waals surface area contributed by atoms with Gasteiger partial charge in [-0.25, -0.2) is 0 Å². The summed E-state index contributed by atoms with van der Waals surface area (Å²) in [5, 5.41) is 0. The van der Waals surface area contributed by atoms with E-state index in [1.165, 1.54) is 9.13 Å². The Bertz CT molecular complexity index is 697. The molecule has 2 aromatic carbocycles. The van der Waals surface area contributed by atoms with Crippen molar-refractivity contribution in [2.45, 2.75) is 26.2 Å². The molecule has 0 aliphatic carbocycles. The third-order valence-corrected chi connectivity index (χ3v) is 4.72. The number of carbonyl (C=O) groups excluding carboxylic acids is 1. The minimum absolute atomic E-state index is 0.0602. The SMILES string of the molecule is CCCCOc1ccc(C(=O)N2CCc3cc(I)ccc32)cc1. The molecule has 1 amide bonds. The zero-order valence-electron chi connectivity index (χ0n) is 13.2. The monoisotopic (exact) mass is 421 g/mol. The molecule has 1 aliphatic rings. The number of fused-ring (bicyclic) bond motifs is 1. The highest BCUT2D eigenvalue weighted by Gasteiger charge is 2.25. The molecule has 0 saturated heterocycles. The largest absolute Gasteiger partial charge is 0.494 e. The zero-order chi connectivity index (χ0) is 16.2. The van der Waals surface area contributed by atoms with Crippen molar-refractivity contribution < 1.29 is 9.53 Å². The lowest BCUT2D eigenvalue weighted by Crippen LogP contribution is -2.28. The second kappa shape index (κ2) is 7.34. The number of anilines is 1. The molecule has 0 atom stereocenters. The van der Waals surface area contributed by atoms with Gasteiger partial charge in [-0.15, -0.1) is 0 Å². The first-order valence-corrected chi connectivity index (χ1v) is 9.10. The van der Waals surface area contributed by atoms with E-state index in [4.69, 9.17) is 4.74 Å². The summed E-state index contributed by atoms with van der Waals surface area (Å²) in [4.78, 5) is 14.6. The van der Waals surface area contributed by atoms with Gasteiger partial charge in [-0.3, -0.25) is 4.79 Å². The molecular formula is C19H20INO2. The van der Waals surface area contributed by atoms with Gasteiger partial charge in [0, 0.05) is 21.4 Å². The van der Waals surface area contributed by atoms with Crippen LogP contribution in [-0.4, -0.2) is 19.1 Å². The van der Waals surface area contributed by atoms with Gasteiger partial charge in [0.2, 0.25) is 0 Å². The number of carbonyl (C=O) groups is 1. The van der Waals surface area contributed by atoms with Crippen LogP contribution in [0.3, 0.4) is 0 Å². The highest BCUT2D eigenvalue weighted by atomic mass is 127. The number of hydrogen-bond acceptors (Lipinski definition) is 2. The van der Waals surface area contributed by atoms with Crippen LogP contribution in [0.2, 0.25) is 0 Å². The van der Waals surface area contributed by atoms with Gasteiger partial charge in [0.1, 0.15) is 5.75 Å². The molecule has 0 fully saturated rings. The zero-order valence-corrected chi connectivity index (χ0v) is 15.4. The van der Waals surface area contributed by atoms with E-state index in [1.54, 1.807) is 0 Å². The molecule has 0 spiro atoms. The Morgan fingerprint density at radius 1 is 1.22 bits per heavy atom. The third kappa shape index (κ3) is 3.68.